The lowest BCUT2D eigenvalue weighted by Crippen LogP contribution is -2.32. The van der Waals surface area contributed by atoms with Gasteiger partial charge in [0, 0.05) is 12.2 Å². The van der Waals surface area contributed by atoms with Crippen molar-refractivity contribution < 1.29 is 4.79 Å². The van der Waals surface area contributed by atoms with E-state index >= 15 is 0 Å². The fourth-order valence-corrected chi connectivity index (χ4v) is 2.30. The molecule has 0 N–H and O–H groups in total. The van der Waals surface area contributed by atoms with Crippen LogP contribution in [0.5, 0.6) is 0 Å². The Hall–Kier alpha value is -1.58. The molecule has 0 saturated carbocycles. The largest absolute Gasteiger partial charge is 0.307 e. The molecular formula is C16H16Cl2N2O. The third kappa shape index (κ3) is 3.96. The van der Waals surface area contributed by atoms with E-state index in [1.165, 1.54) is 0 Å². The highest BCUT2D eigenvalue weighted by Crippen LogP contribution is 2.22. The van der Waals surface area contributed by atoms with Gasteiger partial charge in [0.2, 0.25) is 0 Å². The van der Waals surface area contributed by atoms with Crippen molar-refractivity contribution in [1.29, 1.82) is 0 Å². The Morgan fingerprint density at radius 1 is 1.14 bits per heavy atom. The minimum Gasteiger partial charge on any atom is -0.307 e. The van der Waals surface area contributed by atoms with E-state index in [0.717, 1.165) is 18.5 Å². The Morgan fingerprint density at radius 2 is 1.86 bits per heavy atom. The second kappa shape index (κ2) is 7.43. The molecule has 3 nitrogen and oxygen atoms in total. The van der Waals surface area contributed by atoms with Gasteiger partial charge in [-0.3, -0.25) is 4.79 Å². The smallest absolute Gasteiger partial charge is 0.278 e. The molecular weight excluding hydrogens is 307 g/mol. The number of carbonyl (C=O) groups excluding carboxylic acids is 1. The Kier molecular flexibility index (Phi) is 5.59. The average molecular weight is 323 g/mol. The van der Waals surface area contributed by atoms with Crippen molar-refractivity contribution in [3.05, 3.63) is 58.3 Å². The second-order valence-electron chi connectivity index (χ2n) is 4.61. The molecule has 0 unspecified atom stereocenters. The molecule has 0 saturated heterocycles. The number of para-hydroxylation sites is 1. The van der Waals surface area contributed by atoms with E-state index in [4.69, 9.17) is 23.2 Å². The molecule has 1 heterocycles. The first-order chi connectivity index (χ1) is 10.1. The van der Waals surface area contributed by atoms with Gasteiger partial charge < -0.3 is 4.90 Å². The zero-order valence-electron chi connectivity index (χ0n) is 11.7. The third-order valence-electron chi connectivity index (χ3n) is 3.06. The number of halogens is 2. The van der Waals surface area contributed by atoms with Crippen molar-refractivity contribution in [3.8, 4) is 0 Å². The molecule has 0 fully saturated rings. The van der Waals surface area contributed by atoms with Crippen LogP contribution in [-0.2, 0) is 0 Å². The first-order valence-electron chi connectivity index (χ1n) is 6.82. The highest BCUT2D eigenvalue weighted by atomic mass is 35.5. The van der Waals surface area contributed by atoms with Gasteiger partial charge in [0.05, 0.1) is 5.02 Å². The number of unbranched alkanes of at least 4 members (excludes halogenated alkanes) is 1. The molecule has 0 spiro atoms. The van der Waals surface area contributed by atoms with Crippen molar-refractivity contribution in [2.24, 2.45) is 0 Å². The monoisotopic (exact) mass is 322 g/mol. The van der Waals surface area contributed by atoms with Gasteiger partial charge >= 0.3 is 0 Å². The van der Waals surface area contributed by atoms with E-state index in [9.17, 15) is 4.79 Å². The highest BCUT2D eigenvalue weighted by Gasteiger charge is 2.21. The Morgan fingerprint density at radius 3 is 2.52 bits per heavy atom. The Bertz CT molecular complexity index is 617. The van der Waals surface area contributed by atoms with E-state index in [-0.39, 0.29) is 16.8 Å². The van der Waals surface area contributed by atoms with E-state index in [2.05, 4.69) is 11.9 Å². The summed E-state index contributed by atoms with van der Waals surface area (Å²) in [6.45, 7) is 2.70. The van der Waals surface area contributed by atoms with Crippen LogP contribution in [0.25, 0.3) is 0 Å². The lowest BCUT2D eigenvalue weighted by atomic mass is 10.2. The summed E-state index contributed by atoms with van der Waals surface area (Å²) in [5.41, 5.74) is 1.01. The van der Waals surface area contributed by atoms with Crippen LogP contribution in [0.2, 0.25) is 10.2 Å². The van der Waals surface area contributed by atoms with Gasteiger partial charge in [-0.1, -0.05) is 54.7 Å². The van der Waals surface area contributed by atoms with Crippen molar-refractivity contribution in [2.75, 3.05) is 11.4 Å². The van der Waals surface area contributed by atoms with Gasteiger partial charge in [0.25, 0.3) is 5.91 Å². The summed E-state index contributed by atoms with van der Waals surface area (Å²) < 4.78 is 0. The normalized spacial score (nSPS) is 10.4. The van der Waals surface area contributed by atoms with Crippen LogP contribution >= 0.6 is 23.2 Å². The number of rotatable bonds is 5. The standard InChI is InChI=1S/C16H16Cl2N2O/c1-2-3-11-20(12-7-5-4-6-8-12)16(21)15-13(17)9-10-14(18)19-15/h4-10H,2-3,11H2,1H3. The quantitative estimate of drug-likeness (QED) is 0.738. The minimum absolute atomic E-state index is 0.184. The second-order valence-corrected chi connectivity index (χ2v) is 5.40. The first-order valence-corrected chi connectivity index (χ1v) is 7.58. The molecule has 1 aromatic heterocycles. The number of aromatic nitrogens is 1. The summed E-state index contributed by atoms with van der Waals surface area (Å²) in [7, 11) is 0. The minimum atomic E-state index is -0.234. The van der Waals surface area contributed by atoms with E-state index in [1.54, 1.807) is 17.0 Å². The van der Waals surface area contributed by atoms with Crippen molar-refractivity contribution in [2.45, 2.75) is 19.8 Å². The Balaban J connectivity index is 2.36. The SMILES string of the molecule is CCCCN(C(=O)c1nc(Cl)ccc1Cl)c1ccccc1. The first kappa shape index (κ1) is 15.8. The maximum Gasteiger partial charge on any atom is 0.278 e. The summed E-state index contributed by atoms with van der Waals surface area (Å²) in [5, 5.41) is 0.563. The number of benzene rings is 1. The van der Waals surface area contributed by atoms with Gasteiger partial charge in [-0.15, -0.1) is 0 Å². The summed E-state index contributed by atoms with van der Waals surface area (Å²) in [4.78, 5) is 18.5. The average Bonchev–Trinajstić information content (AvgIpc) is 2.51. The van der Waals surface area contributed by atoms with Crippen molar-refractivity contribution in [1.82, 2.24) is 4.98 Å². The molecule has 2 rings (SSSR count). The van der Waals surface area contributed by atoms with Crippen molar-refractivity contribution >= 4 is 34.8 Å². The number of amides is 1. The summed E-state index contributed by atoms with van der Waals surface area (Å²) in [6.07, 6.45) is 1.89. The molecule has 0 aliphatic carbocycles. The highest BCUT2D eigenvalue weighted by molar-refractivity contribution is 6.35. The van der Waals surface area contributed by atoms with Gasteiger partial charge in [0.15, 0.2) is 0 Å². The van der Waals surface area contributed by atoms with Crippen LogP contribution in [0, 0.1) is 0 Å². The fourth-order valence-electron chi connectivity index (χ4n) is 1.97. The third-order valence-corrected chi connectivity index (χ3v) is 3.58. The lowest BCUT2D eigenvalue weighted by Gasteiger charge is -2.22. The topological polar surface area (TPSA) is 33.2 Å². The van der Waals surface area contributed by atoms with Gasteiger partial charge in [0.1, 0.15) is 10.8 Å². The number of pyridine rings is 1. The summed E-state index contributed by atoms with van der Waals surface area (Å²) in [6, 6.07) is 12.7. The number of carbonyl (C=O) groups is 1. The molecule has 21 heavy (non-hydrogen) atoms. The number of anilines is 1. The zero-order valence-corrected chi connectivity index (χ0v) is 13.2. The number of hydrogen-bond donors (Lipinski definition) is 0. The van der Waals surface area contributed by atoms with Gasteiger partial charge in [-0.2, -0.15) is 0 Å². The van der Waals surface area contributed by atoms with Crippen molar-refractivity contribution in [3.63, 3.8) is 0 Å². The molecule has 2 aromatic rings. The van der Waals surface area contributed by atoms with Gasteiger partial charge in [-0.25, -0.2) is 4.98 Å². The molecule has 0 atom stereocenters. The van der Waals surface area contributed by atoms with Crippen LogP contribution in [0.4, 0.5) is 5.69 Å². The summed E-state index contributed by atoms with van der Waals surface area (Å²) in [5.74, 6) is -0.234. The van der Waals surface area contributed by atoms with Crippen LogP contribution < -0.4 is 4.90 Å². The molecule has 1 amide bonds. The molecule has 110 valence electrons. The molecule has 0 aliphatic heterocycles. The van der Waals surface area contributed by atoms with E-state index in [0.29, 0.717) is 11.6 Å². The maximum atomic E-state index is 12.7. The zero-order chi connectivity index (χ0) is 15.2. The predicted molar refractivity (Wildman–Crippen MR) is 87.3 cm³/mol. The van der Waals surface area contributed by atoms with E-state index < -0.39 is 0 Å². The molecule has 0 radical (unpaired) electrons. The van der Waals surface area contributed by atoms with E-state index in [1.807, 2.05) is 30.3 Å². The fraction of sp³-hybridized carbons (Fsp3) is 0.250. The van der Waals surface area contributed by atoms with Crippen LogP contribution in [0.15, 0.2) is 42.5 Å². The van der Waals surface area contributed by atoms with Crippen LogP contribution in [-0.4, -0.2) is 17.4 Å². The predicted octanol–water partition coefficient (Wildman–Crippen LogP) is 4.84. The summed E-state index contributed by atoms with van der Waals surface area (Å²) >= 11 is 12.0. The molecule has 0 bridgehead atoms. The lowest BCUT2D eigenvalue weighted by molar-refractivity contribution is 0.0982. The molecule has 0 aliphatic rings. The number of nitrogens with zero attached hydrogens (tertiary/aromatic N) is 2. The number of hydrogen-bond acceptors (Lipinski definition) is 2. The van der Waals surface area contributed by atoms with Gasteiger partial charge in [-0.05, 0) is 30.7 Å². The maximum absolute atomic E-state index is 12.7. The molecule has 1 aromatic carbocycles. The Labute approximate surface area is 134 Å². The van der Waals surface area contributed by atoms with Crippen LogP contribution in [0.3, 0.4) is 0 Å². The molecule has 5 heteroatoms. The van der Waals surface area contributed by atoms with Crippen LogP contribution in [0.1, 0.15) is 30.3 Å².